The van der Waals surface area contributed by atoms with E-state index in [0.717, 1.165) is 22.4 Å². The van der Waals surface area contributed by atoms with E-state index in [1.54, 1.807) is 0 Å². The molecule has 0 saturated heterocycles. The summed E-state index contributed by atoms with van der Waals surface area (Å²) in [6, 6.07) is 14.5. The van der Waals surface area contributed by atoms with Gasteiger partial charge in [0.1, 0.15) is 5.75 Å². The topological polar surface area (TPSA) is 38.3 Å². The second-order valence-corrected chi connectivity index (χ2v) is 8.39. The van der Waals surface area contributed by atoms with Crippen molar-refractivity contribution in [2.24, 2.45) is 0 Å². The highest BCUT2D eigenvalue weighted by Gasteiger charge is 2.22. The molecule has 2 rings (SSSR count). The maximum atomic E-state index is 12.7. The normalized spacial score (nSPS) is 13.7. The van der Waals surface area contributed by atoms with E-state index in [0.29, 0.717) is 6.42 Å². The molecule has 0 unspecified atom stereocenters. The monoisotopic (exact) mass is 367 g/mol. The lowest BCUT2D eigenvalue weighted by Crippen LogP contribution is -2.39. The Morgan fingerprint density at radius 3 is 2.26 bits per heavy atom. The van der Waals surface area contributed by atoms with Crippen LogP contribution in [0.2, 0.25) is 0 Å². The Labute approximate surface area is 164 Å². The molecule has 27 heavy (non-hydrogen) atoms. The van der Waals surface area contributed by atoms with Crippen LogP contribution < -0.4 is 10.1 Å². The molecule has 0 aliphatic carbocycles. The van der Waals surface area contributed by atoms with Crippen LogP contribution in [0.25, 0.3) is 0 Å². The number of hydrogen-bond donors (Lipinski definition) is 1. The van der Waals surface area contributed by atoms with Crippen LogP contribution in [-0.4, -0.2) is 12.0 Å². The van der Waals surface area contributed by atoms with E-state index in [9.17, 15) is 4.79 Å². The fourth-order valence-corrected chi connectivity index (χ4v) is 2.97. The van der Waals surface area contributed by atoms with Gasteiger partial charge in [-0.1, -0.05) is 64.1 Å². The summed E-state index contributed by atoms with van der Waals surface area (Å²) in [5.74, 6) is 0.699. The Bertz CT molecular complexity index is 772. The number of hydrogen-bond acceptors (Lipinski definition) is 2. The van der Waals surface area contributed by atoms with E-state index in [2.05, 4.69) is 50.4 Å². The Morgan fingerprint density at radius 2 is 1.70 bits per heavy atom. The molecule has 1 N–H and O–H groups in total. The summed E-state index contributed by atoms with van der Waals surface area (Å²) in [5.41, 5.74) is 4.67. The predicted molar refractivity (Wildman–Crippen MR) is 112 cm³/mol. The molecule has 3 nitrogen and oxygen atoms in total. The second-order valence-electron chi connectivity index (χ2n) is 8.39. The molecule has 146 valence electrons. The first-order chi connectivity index (χ1) is 12.6. The van der Waals surface area contributed by atoms with E-state index in [-0.39, 0.29) is 17.4 Å². The maximum Gasteiger partial charge on any atom is 0.261 e. The Balaban J connectivity index is 2.06. The molecule has 2 aromatic carbocycles. The lowest BCUT2D eigenvalue weighted by Gasteiger charge is -2.23. The van der Waals surface area contributed by atoms with E-state index in [4.69, 9.17) is 4.74 Å². The van der Waals surface area contributed by atoms with Crippen LogP contribution in [0, 0.1) is 13.8 Å². The van der Waals surface area contributed by atoms with Crippen molar-refractivity contribution in [1.82, 2.24) is 5.32 Å². The first kappa shape index (κ1) is 21.0. The molecule has 0 spiro atoms. The fraction of sp³-hybridized carbons (Fsp3) is 0.458. The van der Waals surface area contributed by atoms with Crippen LogP contribution >= 0.6 is 0 Å². The van der Waals surface area contributed by atoms with Crippen molar-refractivity contribution in [1.29, 1.82) is 0 Å². The summed E-state index contributed by atoms with van der Waals surface area (Å²) in [7, 11) is 0. The van der Waals surface area contributed by atoms with Gasteiger partial charge in [-0.15, -0.1) is 0 Å². The van der Waals surface area contributed by atoms with Crippen molar-refractivity contribution in [2.45, 2.75) is 72.4 Å². The summed E-state index contributed by atoms with van der Waals surface area (Å²) < 4.78 is 6.03. The molecule has 0 saturated carbocycles. The number of amides is 1. The molecular formula is C24H33NO2. The van der Waals surface area contributed by atoms with Crippen molar-refractivity contribution in [3.05, 3.63) is 64.7 Å². The highest BCUT2D eigenvalue weighted by atomic mass is 16.5. The summed E-state index contributed by atoms with van der Waals surface area (Å²) in [6.07, 6.45) is 0.122. The van der Waals surface area contributed by atoms with E-state index in [1.807, 2.05) is 45.9 Å². The Morgan fingerprint density at radius 1 is 1.07 bits per heavy atom. The minimum absolute atomic E-state index is 0.0669. The quantitative estimate of drug-likeness (QED) is 0.718. The third-order valence-electron chi connectivity index (χ3n) is 4.91. The average molecular weight is 368 g/mol. The zero-order valence-corrected chi connectivity index (χ0v) is 17.7. The molecule has 0 aliphatic heterocycles. The smallest absolute Gasteiger partial charge is 0.261 e. The van der Waals surface area contributed by atoms with Gasteiger partial charge >= 0.3 is 0 Å². The van der Waals surface area contributed by atoms with Crippen LogP contribution in [0.5, 0.6) is 5.75 Å². The summed E-state index contributed by atoms with van der Waals surface area (Å²) in [4.78, 5) is 12.7. The third-order valence-corrected chi connectivity index (χ3v) is 4.91. The van der Waals surface area contributed by atoms with Crippen LogP contribution in [0.3, 0.4) is 0 Å². The molecule has 0 aliphatic rings. The molecule has 0 fully saturated rings. The van der Waals surface area contributed by atoms with Crippen molar-refractivity contribution >= 4 is 5.91 Å². The van der Waals surface area contributed by atoms with Gasteiger partial charge in [0.2, 0.25) is 0 Å². The second kappa shape index (κ2) is 8.60. The van der Waals surface area contributed by atoms with Gasteiger partial charge in [-0.3, -0.25) is 4.79 Å². The van der Waals surface area contributed by atoms with Crippen molar-refractivity contribution in [3.8, 4) is 5.75 Å². The molecule has 0 bridgehead atoms. The van der Waals surface area contributed by atoms with Crippen LogP contribution in [0.4, 0.5) is 0 Å². The minimum Gasteiger partial charge on any atom is -0.480 e. The number of carbonyl (C=O) groups excluding carboxylic acids is 1. The summed E-state index contributed by atoms with van der Waals surface area (Å²) in [6.45, 7) is 14.6. The largest absolute Gasteiger partial charge is 0.480 e. The van der Waals surface area contributed by atoms with Gasteiger partial charge in [0.15, 0.2) is 6.10 Å². The van der Waals surface area contributed by atoms with E-state index < -0.39 is 6.10 Å². The van der Waals surface area contributed by atoms with Crippen molar-refractivity contribution in [3.63, 3.8) is 0 Å². The fourth-order valence-electron chi connectivity index (χ4n) is 2.97. The van der Waals surface area contributed by atoms with Gasteiger partial charge in [-0.05, 0) is 60.9 Å². The number of carbonyl (C=O) groups is 1. The number of rotatable bonds is 6. The Hall–Kier alpha value is -2.29. The van der Waals surface area contributed by atoms with Crippen LogP contribution in [0.15, 0.2) is 42.5 Å². The lowest BCUT2D eigenvalue weighted by molar-refractivity contribution is -0.128. The summed E-state index contributed by atoms with van der Waals surface area (Å²) >= 11 is 0. The first-order valence-electron chi connectivity index (χ1n) is 9.76. The van der Waals surface area contributed by atoms with Gasteiger partial charge in [0, 0.05) is 0 Å². The molecule has 0 heterocycles. The van der Waals surface area contributed by atoms with Gasteiger partial charge in [-0.25, -0.2) is 0 Å². The summed E-state index contributed by atoms with van der Waals surface area (Å²) in [5, 5.41) is 3.10. The SMILES string of the molecule is CC[C@@H](Oc1cc(C)ccc1C)C(=O)N[C@H](C)c1ccc(C(C)(C)C)cc1. The highest BCUT2D eigenvalue weighted by molar-refractivity contribution is 5.81. The zero-order valence-electron chi connectivity index (χ0n) is 17.7. The average Bonchev–Trinajstić information content (AvgIpc) is 2.61. The molecule has 2 atom stereocenters. The highest BCUT2D eigenvalue weighted by Crippen LogP contribution is 2.25. The molecule has 2 aromatic rings. The van der Waals surface area contributed by atoms with Gasteiger partial charge in [0.25, 0.3) is 5.91 Å². The molecule has 0 aromatic heterocycles. The van der Waals surface area contributed by atoms with Gasteiger partial charge in [-0.2, -0.15) is 0 Å². The zero-order chi connectivity index (χ0) is 20.2. The maximum absolute atomic E-state index is 12.7. The molecule has 0 radical (unpaired) electrons. The Kier molecular flexibility index (Phi) is 6.69. The predicted octanol–water partition coefficient (Wildman–Crippen LogP) is 5.64. The van der Waals surface area contributed by atoms with Crippen molar-refractivity contribution < 1.29 is 9.53 Å². The van der Waals surface area contributed by atoms with Gasteiger partial charge in [0.05, 0.1) is 6.04 Å². The number of aryl methyl sites for hydroxylation is 2. The van der Waals surface area contributed by atoms with E-state index >= 15 is 0 Å². The number of ether oxygens (including phenoxy) is 1. The number of nitrogens with one attached hydrogen (secondary N) is 1. The standard InChI is InChI=1S/C24H33NO2/c1-8-21(27-22-15-16(2)9-10-17(22)3)23(26)25-18(4)19-11-13-20(14-12-19)24(5,6)7/h9-15,18,21H,8H2,1-7H3,(H,25,26)/t18-,21-/m1/s1. The first-order valence-corrected chi connectivity index (χ1v) is 9.76. The van der Waals surface area contributed by atoms with Gasteiger partial charge < -0.3 is 10.1 Å². The third kappa shape index (κ3) is 5.59. The molecule has 1 amide bonds. The van der Waals surface area contributed by atoms with E-state index in [1.165, 1.54) is 5.56 Å². The number of benzene rings is 2. The molecular weight excluding hydrogens is 334 g/mol. The van der Waals surface area contributed by atoms with Crippen molar-refractivity contribution in [2.75, 3.05) is 0 Å². The van der Waals surface area contributed by atoms with Crippen LogP contribution in [-0.2, 0) is 10.2 Å². The van der Waals surface area contributed by atoms with Crippen LogP contribution in [0.1, 0.15) is 69.3 Å². The minimum atomic E-state index is -0.498. The lowest BCUT2D eigenvalue weighted by atomic mass is 9.86. The molecule has 3 heteroatoms.